The van der Waals surface area contributed by atoms with Crippen LogP contribution in [0.4, 0.5) is 0 Å². The number of rotatable bonds is 6. The number of aromatic nitrogens is 2. The van der Waals surface area contributed by atoms with Gasteiger partial charge in [-0.3, -0.25) is 14.2 Å². The van der Waals surface area contributed by atoms with Crippen molar-refractivity contribution in [2.75, 3.05) is 13.7 Å². The zero-order chi connectivity index (χ0) is 24.9. The largest absolute Gasteiger partial charge is 0.465 e. The van der Waals surface area contributed by atoms with Crippen LogP contribution in [0.15, 0.2) is 64.2 Å². The van der Waals surface area contributed by atoms with Gasteiger partial charge in [0.05, 0.1) is 36.4 Å². The highest BCUT2D eigenvalue weighted by atomic mass is 32.1. The number of benzene rings is 2. The summed E-state index contributed by atoms with van der Waals surface area (Å²) in [5.74, 6) is -1.03. The number of nitrogens with one attached hydrogen (secondary N) is 1. The Morgan fingerprint density at radius 2 is 1.83 bits per heavy atom. The number of carbonyl (C=O) groups is 2. The minimum Gasteiger partial charge on any atom is -0.465 e. The molecule has 0 radical (unpaired) electrons. The van der Waals surface area contributed by atoms with E-state index in [9.17, 15) is 19.2 Å². The first-order valence-corrected chi connectivity index (χ1v) is 11.6. The Kier molecular flexibility index (Phi) is 7.07. The Morgan fingerprint density at radius 1 is 1.09 bits per heavy atom. The van der Waals surface area contributed by atoms with Crippen molar-refractivity contribution in [2.45, 2.75) is 13.5 Å². The van der Waals surface area contributed by atoms with Gasteiger partial charge in [0.25, 0.3) is 11.1 Å². The van der Waals surface area contributed by atoms with E-state index in [-0.39, 0.29) is 24.3 Å². The molecule has 0 atom stereocenters. The molecule has 0 unspecified atom stereocenters. The highest BCUT2D eigenvalue weighted by molar-refractivity contribution is 7.07. The molecule has 0 fully saturated rings. The predicted molar refractivity (Wildman–Crippen MR) is 134 cm³/mol. The van der Waals surface area contributed by atoms with E-state index in [2.05, 4.69) is 4.98 Å². The van der Waals surface area contributed by atoms with Crippen molar-refractivity contribution in [1.29, 1.82) is 0 Å². The summed E-state index contributed by atoms with van der Waals surface area (Å²) in [6.45, 7) is 2.05. The smallest absolute Gasteiger partial charge is 0.337 e. The molecule has 35 heavy (non-hydrogen) atoms. The minimum absolute atomic E-state index is 0.157. The van der Waals surface area contributed by atoms with Crippen LogP contribution in [-0.4, -0.2) is 35.2 Å². The molecule has 2 aromatic carbocycles. The fourth-order valence-electron chi connectivity index (χ4n) is 3.54. The number of fused-ring (bicyclic) bond motifs is 1. The second-order valence-electron chi connectivity index (χ2n) is 7.57. The lowest BCUT2D eigenvalue weighted by Crippen LogP contribution is -2.32. The summed E-state index contributed by atoms with van der Waals surface area (Å²) in [5.41, 5.74) is 1.49. The lowest BCUT2D eigenvalue weighted by molar-refractivity contribution is -0.135. The van der Waals surface area contributed by atoms with E-state index < -0.39 is 11.9 Å². The van der Waals surface area contributed by atoms with Crippen LogP contribution in [0.1, 0.15) is 28.4 Å². The second-order valence-corrected chi connectivity index (χ2v) is 8.63. The standard InChI is InChI=1S/C26H22N2O6S/c1-3-34-23(29)14-22-28(15-16-8-10-17(11-9-16)26(32)33-2)25(31)21(35-22)13-19-12-18-6-4-5-7-20(18)27-24(19)30/h4-14H,3,15H2,1-2H3,(H,27,30). The summed E-state index contributed by atoms with van der Waals surface area (Å²) in [5, 5.41) is 0.833. The Balaban J connectivity index is 1.82. The Hall–Kier alpha value is -4.24. The molecule has 0 saturated heterocycles. The highest BCUT2D eigenvalue weighted by Gasteiger charge is 2.10. The van der Waals surface area contributed by atoms with Gasteiger partial charge < -0.3 is 14.5 Å². The normalized spacial score (nSPS) is 12.2. The zero-order valence-electron chi connectivity index (χ0n) is 19.1. The number of ether oxygens (including phenoxy) is 2. The molecule has 0 aliphatic heterocycles. The highest BCUT2D eigenvalue weighted by Crippen LogP contribution is 2.10. The van der Waals surface area contributed by atoms with Crippen LogP contribution in [0.25, 0.3) is 23.1 Å². The lowest BCUT2D eigenvalue weighted by Gasteiger charge is -2.04. The summed E-state index contributed by atoms with van der Waals surface area (Å²) < 4.78 is 11.9. The molecule has 178 valence electrons. The van der Waals surface area contributed by atoms with Crippen molar-refractivity contribution in [1.82, 2.24) is 9.55 Å². The Bertz CT molecular complexity index is 1640. The molecule has 2 heterocycles. The second kappa shape index (κ2) is 10.4. The fraction of sp³-hybridized carbons (Fsp3) is 0.154. The quantitative estimate of drug-likeness (QED) is 0.413. The molecule has 4 aromatic rings. The van der Waals surface area contributed by atoms with Crippen LogP contribution >= 0.6 is 11.3 Å². The Morgan fingerprint density at radius 3 is 2.54 bits per heavy atom. The molecule has 1 N–H and O–H groups in total. The first kappa shape index (κ1) is 23.9. The van der Waals surface area contributed by atoms with E-state index in [1.54, 1.807) is 43.3 Å². The van der Waals surface area contributed by atoms with Crippen molar-refractivity contribution in [3.63, 3.8) is 0 Å². The summed E-state index contributed by atoms with van der Waals surface area (Å²) in [6, 6.07) is 15.7. The van der Waals surface area contributed by atoms with Crippen molar-refractivity contribution >= 4 is 46.3 Å². The lowest BCUT2D eigenvalue weighted by atomic mass is 10.1. The van der Waals surface area contributed by atoms with Gasteiger partial charge in [0, 0.05) is 11.1 Å². The van der Waals surface area contributed by atoms with E-state index in [1.165, 1.54) is 23.8 Å². The van der Waals surface area contributed by atoms with Crippen LogP contribution in [0.2, 0.25) is 0 Å². The number of para-hydroxylation sites is 1. The van der Waals surface area contributed by atoms with E-state index >= 15 is 0 Å². The molecular formula is C26H22N2O6S. The van der Waals surface area contributed by atoms with Gasteiger partial charge in [0.15, 0.2) is 0 Å². The maximum Gasteiger partial charge on any atom is 0.337 e. The molecule has 0 aliphatic carbocycles. The number of aromatic amines is 1. The maximum absolute atomic E-state index is 13.3. The molecule has 0 spiro atoms. The zero-order valence-corrected chi connectivity index (χ0v) is 19.9. The van der Waals surface area contributed by atoms with Crippen LogP contribution < -0.4 is 20.3 Å². The van der Waals surface area contributed by atoms with Gasteiger partial charge >= 0.3 is 11.9 Å². The molecule has 0 bridgehead atoms. The number of H-pyrrole nitrogens is 1. The average molecular weight is 491 g/mol. The van der Waals surface area contributed by atoms with Crippen molar-refractivity contribution in [2.24, 2.45) is 0 Å². The molecule has 0 saturated carbocycles. The number of hydrogen-bond donors (Lipinski definition) is 1. The third kappa shape index (κ3) is 5.30. The van der Waals surface area contributed by atoms with E-state index in [1.807, 2.05) is 18.2 Å². The molecule has 0 amide bonds. The SMILES string of the molecule is CCOC(=O)C=c1sc(=Cc2cc3ccccc3[nH]c2=O)c(=O)n1Cc1ccc(C(=O)OC)cc1. The van der Waals surface area contributed by atoms with Crippen LogP contribution in [0.5, 0.6) is 0 Å². The first-order valence-electron chi connectivity index (χ1n) is 10.8. The molecule has 4 rings (SSSR count). The van der Waals surface area contributed by atoms with Gasteiger partial charge in [0.2, 0.25) is 0 Å². The number of hydrogen-bond acceptors (Lipinski definition) is 7. The van der Waals surface area contributed by atoms with Crippen molar-refractivity contribution < 1.29 is 19.1 Å². The fourth-order valence-corrected chi connectivity index (χ4v) is 4.56. The van der Waals surface area contributed by atoms with Gasteiger partial charge in [-0.05, 0) is 48.2 Å². The van der Waals surface area contributed by atoms with Gasteiger partial charge in [-0.15, -0.1) is 11.3 Å². The van der Waals surface area contributed by atoms with Gasteiger partial charge in [-0.25, -0.2) is 9.59 Å². The van der Waals surface area contributed by atoms with Gasteiger partial charge in [-0.2, -0.15) is 0 Å². The topological polar surface area (TPSA) is 107 Å². The first-order chi connectivity index (χ1) is 16.9. The minimum atomic E-state index is -0.571. The molecule has 0 aliphatic rings. The molecule has 8 nitrogen and oxygen atoms in total. The van der Waals surface area contributed by atoms with Gasteiger partial charge in [-0.1, -0.05) is 30.3 Å². The number of pyridine rings is 1. The van der Waals surface area contributed by atoms with Crippen molar-refractivity contribution in [3.8, 4) is 0 Å². The predicted octanol–water partition coefficient (Wildman–Crippen LogP) is 1.76. The number of thiazole rings is 1. The van der Waals surface area contributed by atoms with Crippen LogP contribution in [-0.2, 0) is 20.8 Å². The van der Waals surface area contributed by atoms with Crippen molar-refractivity contribution in [3.05, 3.63) is 101 Å². The number of methoxy groups -OCH3 is 1. The average Bonchev–Trinajstić information content (AvgIpc) is 3.13. The third-order valence-electron chi connectivity index (χ3n) is 5.25. The molecular weight excluding hydrogens is 468 g/mol. The Labute approximate surface area is 203 Å². The monoisotopic (exact) mass is 490 g/mol. The van der Waals surface area contributed by atoms with E-state index in [4.69, 9.17) is 9.47 Å². The summed E-state index contributed by atoms with van der Waals surface area (Å²) in [4.78, 5) is 52.6. The third-order valence-corrected chi connectivity index (χ3v) is 6.31. The maximum atomic E-state index is 13.3. The van der Waals surface area contributed by atoms with Gasteiger partial charge in [0.1, 0.15) is 4.66 Å². The van der Waals surface area contributed by atoms with E-state index in [0.29, 0.717) is 25.8 Å². The summed E-state index contributed by atoms with van der Waals surface area (Å²) in [7, 11) is 1.30. The molecule has 9 heteroatoms. The number of carbonyl (C=O) groups excluding carboxylic acids is 2. The number of esters is 2. The summed E-state index contributed by atoms with van der Waals surface area (Å²) in [6.07, 6.45) is 2.79. The van der Waals surface area contributed by atoms with E-state index in [0.717, 1.165) is 22.3 Å². The van der Waals surface area contributed by atoms with Crippen LogP contribution in [0, 0.1) is 0 Å². The molecule has 2 aromatic heterocycles. The number of nitrogens with zero attached hydrogens (tertiary/aromatic N) is 1. The summed E-state index contributed by atoms with van der Waals surface area (Å²) >= 11 is 1.09. The van der Waals surface area contributed by atoms with Crippen LogP contribution in [0.3, 0.4) is 0 Å².